The Kier molecular flexibility index (Phi) is 4.09. The molecule has 0 aromatic carbocycles. The number of hydrogen-bond acceptors (Lipinski definition) is 2. The van der Waals surface area contributed by atoms with Crippen LogP contribution in [0.1, 0.15) is 43.6 Å². The van der Waals surface area contributed by atoms with Gasteiger partial charge in [0.2, 0.25) is 0 Å². The van der Waals surface area contributed by atoms with Crippen LogP contribution in [0.3, 0.4) is 0 Å². The second-order valence-electron chi connectivity index (χ2n) is 5.47. The van der Waals surface area contributed by atoms with Crippen LogP contribution in [0.25, 0.3) is 0 Å². The molecule has 1 saturated carbocycles. The van der Waals surface area contributed by atoms with Gasteiger partial charge in [0.15, 0.2) is 0 Å². The van der Waals surface area contributed by atoms with Crippen molar-refractivity contribution in [2.45, 2.75) is 45.2 Å². The van der Waals surface area contributed by atoms with Crippen LogP contribution >= 0.6 is 11.6 Å². The van der Waals surface area contributed by atoms with Crippen LogP contribution in [0.15, 0.2) is 12.3 Å². The number of aromatic nitrogens is 1. The first-order valence-electron chi connectivity index (χ1n) is 6.80. The van der Waals surface area contributed by atoms with Gasteiger partial charge in [-0.05, 0) is 38.2 Å². The van der Waals surface area contributed by atoms with Gasteiger partial charge in [-0.15, -0.1) is 0 Å². The molecule has 0 radical (unpaired) electrons. The van der Waals surface area contributed by atoms with Crippen molar-refractivity contribution in [2.24, 2.45) is 5.92 Å². The van der Waals surface area contributed by atoms with Gasteiger partial charge < -0.3 is 15.0 Å². The lowest BCUT2D eigenvalue weighted by atomic mass is 9.96. The van der Waals surface area contributed by atoms with Gasteiger partial charge in [0.25, 0.3) is 5.91 Å². The number of aliphatic carboxylic acids is 1. The number of carboxylic acid groups (broad SMARTS) is 1. The first-order chi connectivity index (χ1) is 9.38. The van der Waals surface area contributed by atoms with Gasteiger partial charge in [0.1, 0.15) is 11.2 Å². The third-order valence-corrected chi connectivity index (χ3v) is 3.98. The molecule has 1 fully saturated rings. The minimum absolute atomic E-state index is 0.00834. The minimum Gasteiger partial charge on any atom is -0.480 e. The summed E-state index contributed by atoms with van der Waals surface area (Å²) in [4.78, 5) is 23.8. The van der Waals surface area contributed by atoms with E-state index in [-0.39, 0.29) is 11.8 Å². The number of nitrogens with zero attached hydrogens (tertiary/aromatic N) is 1. The molecule has 1 unspecified atom stereocenters. The van der Waals surface area contributed by atoms with E-state index >= 15 is 0 Å². The quantitative estimate of drug-likeness (QED) is 0.848. The molecule has 0 saturated heterocycles. The molecule has 1 aromatic heterocycles. The van der Waals surface area contributed by atoms with E-state index in [4.69, 9.17) is 11.6 Å². The Labute approximate surface area is 122 Å². The van der Waals surface area contributed by atoms with E-state index in [1.54, 1.807) is 23.8 Å². The number of aryl methyl sites for hydroxylation is 1. The topological polar surface area (TPSA) is 71.3 Å². The van der Waals surface area contributed by atoms with Crippen molar-refractivity contribution in [1.29, 1.82) is 0 Å². The third kappa shape index (κ3) is 2.82. The zero-order valence-electron chi connectivity index (χ0n) is 11.6. The molecule has 6 heteroatoms. The normalized spacial score (nSPS) is 17.6. The molecule has 5 nitrogen and oxygen atoms in total. The van der Waals surface area contributed by atoms with Crippen LogP contribution < -0.4 is 5.32 Å². The van der Waals surface area contributed by atoms with E-state index in [1.165, 1.54) is 0 Å². The largest absolute Gasteiger partial charge is 0.480 e. The van der Waals surface area contributed by atoms with Gasteiger partial charge in [-0.2, -0.15) is 0 Å². The summed E-state index contributed by atoms with van der Waals surface area (Å²) in [7, 11) is 0. The monoisotopic (exact) mass is 298 g/mol. The van der Waals surface area contributed by atoms with Crippen LogP contribution in [-0.4, -0.2) is 27.1 Å². The Morgan fingerprint density at radius 2 is 2.20 bits per heavy atom. The summed E-state index contributed by atoms with van der Waals surface area (Å²) in [5.74, 6) is -1.37. The molecule has 2 rings (SSSR count). The molecule has 1 heterocycles. The average Bonchev–Trinajstić information content (AvgIpc) is 3.14. The highest BCUT2D eigenvalue weighted by molar-refractivity contribution is 6.31. The second kappa shape index (κ2) is 5.48. The molecular weight excluding hydrogens is 280 g/mol. The number of amides is 1. The van der Waals surface area contributed by atoms with Crippen LogP contribution in [0.2, 0.25) is 5.02 Å². The lowest BCUT2D eigenvalue weighted by Gasteiger charge is -2.26. The maximum absolute atomic E-state index is 12.4. The molecule has 1 amide bonds. The average molecular weight is 299 g/mol. The molecule has 0 bridgehead atoms. The number of halogens is 1. The molecule has 0 spiro atoms. The van der Waals surface area contributed by atoms with Crippen molar-refractivity contribution in [3.05, 3.63) is 23.0 Å². The van der Waals surface area contributed by atoms with Crippen molar-refractivity contribution in [2.75, 3.05) is 0 Å². The number of carbonyl (C=O) groups excluding carboxylic acids is 1. The summed E-state index contributed by atoms with van der Waals surface area (Å²) in [6.45, 7) is 4.24. The molecule has 1 atom stereocenters. The first kappa shape index (κ1) is 14.9. The lowest BCUT2D eigenvalue weighted by Crippen LogP contribution is -2.54. The summed E-state index contributed by atoms with van der Waals surface area (Å²) >= 11 is 5.94. The second-order valence-corrected chi connectivity index (χ2v) is 5.91. The fraction of sp³-hybridized carbons (Fsp3) is 0.571. The molecule has 20 heavy (non-hydrogen) atoms. The predicted molar refractivity (Wildman–Crippen MR) is 76.0 cm³/mol. The number of carboxylic acids is 1. The van der Waals surface area contributed by atoms with E-state index < -0.39 is 11.5 Å². The Bertz CT molecular complexity index is 537. The molecule has 1 aliphatic carbocycles. The Morgan fingerprint density at radius 1 is 1.55 bits per heavy atom. The first-order valence-corrected chi connectivity index (χ1v) is 7.18. The van der Waals surface area contributed by atoms with E-state index in [9.17, 15) is 14.7 Å². The zero-order chi connectivity index (χ0) is 14.9. The molecular formula is C14H19ClN2O3. The molecule has 1 aromatic rings. The van der Waals surface area contributed by atoms with Gasteiger partial charge in [-0.25, -0.2) is 4.79 Å². The Morgan fingerprint density at radius 3 is 2.70 bits per heavy atom. The van der Waals surface area contributed by atoms with Crippen molar-refractivity contribution < 1.29 is 14.7 Å². The molecule has 0 aliphatic heterocycles. The van der Waals surface area contributed by atoms with Crippen LogP contribution in [0.4, 0.5) is 0 Å². The lowest BCUT2D eigenvalue weighted by molar-refractivity contribution is -0.144. The number of rotatable bonds is 6. The van der Waals surface area contributed by atoms with E-state index in [0.29, 0.717) is 17.3 Å². The van der Waals surface area contributed by atoms with Gasteiger partial charge in [0.05, 0.1) is 5.02 Å². The van der Waals surface area contributed by atoms with Gasteiger partial charge in [-0.1, -0.05) is 18.5 Å². The Hall–Kier alpha value is -1.49. The van der Waals surface area contributed by atoms with E-state index in [2.05, 4.69) is 5.32 Å². The number of carbonyl (C=O) groups is 2. The van der Waals surface area contributed by atoms with Crippen molar-refractivity contribution in [3.8, 4) is 0 Å². The smallest absolute Gasteiger partial charge is 0.329 e. The maximum atomic E-state index is 12.4. The third-order valence-electron chi connectivity index (χ3n) is 3.77. The highest BCUT2D eigenvalue weighted by atomic mass is 35.5. The zero-order valence-corrected chi connectivity index (χ0v) is 12.4. The van der Waals surface area contributed by atoms with Crippen molar-refractivity contribution in [3.63, 3.8) is 0 Å². The van der Waals surface area contributed by atoms with E-state index in [0.717, 1.165) is 19.3 Å². The van der Waals surface area contributed by atoms with Crippen molar-refractivity contribution >= 4 is 23.5 Å². The van der Waals surface area contributed by atoms with Crippen LogP contribution in [0.5, 0.6) is 0 Å². The minimum atomic E-state index is -1.20. The van der Waals surface area contributed by atoms with Crippen LogP contribution in [0, 0.1) is 5.92 Å². The number of hydrogen-bond donors (Lipinski definition) is 2. The highest BCUT2D eigenvalue weighted by Crippen LogP contribution is 2.39. The molecule has 1 aliphatic rings. The van der Waals surface area contributed by atoms with E-state index in [1.807, 2.05) is 6.92 Å². The van der Waals surface area contributed by atoms with Crippen molar-refractivity contribution in [1.82, 2.24) is 9.88 Å². The molecule has 2 N–H and O–H groups in total. The fourth-order valence-corrected chi connectivity index (χ4v) is 2.60. The predicted octanol–water partition coefficient (Wildman–Crippen LogP) is 2.53. The summed E-state index contributed by atoms with van der Waals surface area (Å²) in [5.41, 5.74) is -0.796. The summed E-state index contributed by atoms with van der Waals surface area (Å²) in [5, 5.41) is 12.5. The van der Waals surface area contributed by atoms with Gasteiger partial charge in [0, 0.05) is 12.7 Å². The summed E-state index contributed by atoms with van der Waals surface area (Å²) in [6.07, 6.45) is 4.22. The highest BCUT2D eigenvalue weighted by Gasteiger charge is 2.48. The number of nitrogens with one attached hydrogen (secondary N) is 1. The van der Waals surface area contributed by atoms with Gasteiger partial charge >= 0.3 is 5.97 Å². The summed E-state index contributed by atoms with van der Waals surface area (Å²) < 4.78 is 1.76. The maximum Gasteiger partial charge on any atom is 0.329 e. The van der Waals surface area contributed by atoms with Gasteiger partial charge in [-0.3, -0.25) is 4.79 Å². The standard InChI is InChI=1S/C14H19ClN2O3/c1-3-6-17-8-10(15)7-11(17)12(18)16-14(2,13(19)20)9-4-5-9/h7-9H,3-6H2,1-2H3,(H,16,18)(H,19,20). The Balaban J connectivity index is 2.21. The fourth-order valence-electron chi connectivity index (χ4n) is 2.38. The summed E-state index contributed by atoms with van der Waals surface area (Å²) in [6, 6.07) is 1.57. The SMILES string of the molecule is CCCn1cc(Cl)cc1C(=O)NC(C)(C(=O)O)C1CC1. The molecule has 110 valence electrons. The van der Waals surface area contributed by atoms with Crippen LogP contribution in [-0.2, 0) is 11.3 Å².